The first kappa shape index (κ1) is 15.2. The Morgan fingerprint density at radius 1 is 1.10 bits per heavy atom. The third kappa shape index (κ3) is 3.68. The van der Waals surface area contributed by atoms with Gasteiger partial charge in [-0.3, -0.25) is 0 Å². The van der Waals surface area contributed by atoms with Gasteiger partial charge in [0.05, 0.1) is 12.5 Å². The van der Waals surface area contributed by atoms with Gasteiger partial charge in [-0.05, 0) is 42.7 Å². The van der Waals surface area contributed by atoms with Crippen LogP contribution in [0.1, 0.15) is 44.6 Å². The average Bonchev–Trinajstić information content (AvgIpc) is 2.35. The Labute approximate surface area is 118 Å². The van der Waals surface area contributed by atoms with E-state index in [2.05, 4.69) is 19.1 Å². The second kappa shape index (κ2) is 6.06. The Morgan fingerprint density at radius 3 is 2.25 bits per heavy atom. The number of hydrogen-bond acceptors (Lipinski definition) is 1. The summed E-state index contributed by atoms with van der Waals surface area (Å²) in [6, 6.07) is 8.30. The first-order valence-electron chi connectivity index (χ1n) is 7.16. The molecular weight excluding hydrogens is 265 g/mol. The highest BCUT2D eigenvalue weighted by atomic mass is 19.4. The Hall–Kier alpha value is -1.19. The van der Waals surface area contributed by atoms with Gasteiger partial charge in [0.25, 0.3) is 0 Å². The minimum absolute atomic E-state index is 0.289. The largest absolute Gasteiger partial charge is 0.493 e. The van der Waals surface area contributed by atoms with Crippen LogP contribution in [0, 0.1) is 11.8 Å². The number of rotatable bonds is 0. The molecule has 2 aliphatic rings. The molecule has 20 heavy (non-hydrogen) atoms. The fourth-order valence-electron chi connectivity index (χ4n) is 2.69. The van der Waals surface area contributed by atoms with Crippen molar-refractivity contribution in [3.05, 3.63) is 29.8 Å². The van der Waals surface area contributed by atoms with E-state index in [0.717, 1.165) is 18.8 Å². The van der Waals surface area contributed by atoms with Crippen LogP contribution in [-0.4, -0.2) is 12.8 Å². The molecule has 112 valence electrons. The standard InChI is InChI=1S/C10H12O.C6H9F3/c1-8-6-7-11-10-5-3-2-4-9(8)10;1-4-2-5(3-4)6(7,8)9/h2-5,8H,6-7H2,1H3;4-5H,2-3H2,1H3. The van der Waals surface area contributed by atoms with Crippen molar-refractivity contribution in [2.75, 3.05) is 6.61 Å². The summed E-state index contributed by atoms with van der Waals surface area (Å²) in [5, 5.41) is 0. The third-order valence-electron chi connectivity index (χ3n) is 4.10. The molecule has 1 aromatic rings. The first-order valence-corrected chi connectivity index (χ1v) is 7.16. The van der Waals surface area contributed by atoms with Gasteiger partial charge in [-0.15, -0.1) is 0 Å². The summed E-state index contributed by atoms with van der Waals surface area (Å²) in [7, 11) is 0. The lowest BCUT2D eigenvalue weighted by Crippen LogP contribution is -2.34. The van der Waals surface area contributed by atoms with Gasteiger partial charge >= 0.3 is 6.18 Å². The lowest BCUT2D eigenvalue weighted by atomic mass is 9.76. The van der Waals surface area contributed by atoms with Crippen molar-refractivity contribution in [1.29, 1.82) is 0 Å². The summed E-state index contributed by atoms with van der Waals surface area (Å²) >= 11 is 0. The van der Waals surface area contributed by atoms with Crippen molar-refractivity contribution in [2.24, 2.45) is 11.8 Å². The predicted octanol–water partition coefficient (Wildman–Crippen LogP) is 5.17. The predicted molar refractivity (Wildman–Crippen MR) is 72.9 cm³/mol. The molecule has 4 heteroatoms. The highest BCUT2D eigenvalue weighted by Gasteiger charge is 2.46. The molecule has 1 unspecified atom stereocenters. The molecule has 0 bridgehead atoms. The number of para-hydroxylation sites is 1. The lowest BCUT2D eigenvalue weighted by Gasteiger charge is -2.33. The van der Waals surface area contributed by atoms with Crippen LogP contribution in [0.4, 0.5) is 13.2 Å². The highest BCUT2D eigenvalue weighted by molar-refractivity contribution is 5.37. The Balaban J connectivity index is 0.000000151. The van der Waals surface area contributed by atoms with Crippen LogP contribution in [0.5, 0.6) is 5.75 Å². The maximum absolute atomic E-state index is 11.7. The SMILES string of the molecule is CC1CC(C(F)(F)F)C1.CC1CCOc2ccccc21. The van der Waals surface area contributed by atoms with E-state index in [0.29, 0.717) is 18.8 Å². The molecule has 0 saturated heterocycles. The molecule has 1 aliphatic heterocycles. The number of benzene rings is 1. The Morgan fingerprint density at radius 2 is 1.75 bits per heavy atom. The van der Waals surface area contributed by atoms with Gasteiger partial charge in [0.2, 0.25) is 0 Å². The number of fused-ring (bicyclic) bond motifs is 1. The summed E-state index contributed by atoms with van der Waals surface area (Å²) in [6.45, 7) is 4.97. The molecule has 0 spiro atoms. The van der Waals surface area contributed by atoms with Crippen molar-refractivity contribution in [2.45, 2.75) is 45.2 Å². The van der Waals surface area contributed by atoms with Crippen LogP contribution in [0.2, 0.25) is 0 Å². The van der Waals surface area contributed by atoms with E-state index in [1.54, 1.807) is 0 Å². The quantitative estimate of drug-likeness (QED) is 0.639. The van der Waals surface area contributed by atoms with Gasteiger partial charge in [0.1, 0.15) is 5.75 Å². The molecule has 1 aliphatic carbocycles. The number of hydrogen-bond donors (Lipinski definition) is 0. The van der Waals surface area contributed by atoms with Gasteiger partial charge < -0.3 is 4.74 Å². The molecule has 1 nitrogen and oxygen atoms in total. The van der Waals surface area contributed by atoms with E-state index >= 15 is 0 Å². The fraction of sp³-hybridized carbons (Fsp3) is 0.625. The van der Waals surface area contributed by atoms with Crippen molar-refractivity contribution in [3.8, 4) is 5.75 Å². The van der Waals surface area contributed by atoms with Gasteiger partial charge in [-0.25, -0.2) is 0 Å². The monoisotopic (exact) mass is 286 g/mol. The van der Waals surface area contributed by atoms with Crippen LogP contribution in [-0.2, 0) is 0 Å². The van der Waals surface area contributed by atoms with E-state index in [1.165, 1.54) is 5.56 Å². The zero-order valence-electron chi connectivity index (χ0n) is 11.9. The Kier molecular flexibility index (Phi) is 4.61. The highest BCUT2D eigenvalue weighted by Crippen LogP contribution is 2.44. The molecular formula is C16H21F3O. The lowest BCUT2D eigenvalue weighted by molar-refractivity contribution is -0.202. The minimum Gasteiger partial charge on any atom is -0.493 e. The van der Waals surface area contributed by atoms with Gasteiger partial charge in [0, 0.05) is 0 Å². The molecule has 0 aromatic heterocycles. The van der Waals surface area contributed by atoms with Gasteiger partial charge in [-0.1, -0.05) is 32.0 Å². The van der Waals surface area contributed by atoms with E-state index in [4.69, 9.17) is 4.74 Å². The van der Waals surface area contributed by atoms with Crippen molar-refractivity contribution in [3.63, 3.8) is 0 Å². The third-order valence-corrected chi connectivity index (χ3v) is 4.10. The molecule has 1 heterocycles. The molecule has 1 aromatic carbocycles. The Bertz CT molecular complexity index is 436. The maximum Gasteiger partial charge on any atom is 0.391 e. The molecule has 1 fully saturated rings. The molecule has 0 radical (unpaired) electrons. The minimum atomic E-state index is -3.92. The first-order chi connectivity index (χ1) is 9.38. The molecule has 0 N–H and O–H groups in total. The van der Waals surface area contributed by atoms with Crippen LogP contribution >= 0.6 is 0 Å². The second-order valence-corrected chi connectivity index (χ2v) is 5.89. The van der Waals surface area contributed by atoms with Crippen molar-refractivity contribution < 1.29 is 17.9 Å². The molecule has 1 saturated carbocycles. The maximum atomic E-state index is 11.7. The topological polar surface area (TPSA) is 9.23 Å². The van der Waals surface area contributed by atoms with Crippen LogP contribution in [0.3, 0.4) is 0 Å². The smallest absolute Gasteiger partial charge is 0.391 e. The van der Waals surface area contributed by atoms with Crippen molar-refractivity contribution in [1.82, 2.24) is 0 Å². The zero-order chi connectivity index (χ0) is 14.8. The van der Waals surface area contributed by atoms with Crippen LogP contribution < -0.4 is 4.74 Å². The van der Waals surface area contributed by atoms with E-state index < -0.39 is 12.1 Å². The fourth-order valence-corrected chi connectivity index (χ4v) is 2.69. The summed E-state index contributed by atoms with van der Waals surface area (Å²) in [6.07, 6.45) is -2.10. The van der Waals surface area contributed by atoms with Crippen LogP contribution in [0.25, 0.3) is 0 Å². The summed E-state index contributed by atoms with van der Waals surface area (Å²) in [5.74, 6) is 1.04. The average molecular weight is 286 g/mol. The zero-order valence-corrected chi connectivity index (χ0v) is 11.9. The number of ether oxygens (including phenoxy) is 1. The molecule has 3 rings (SSSR count). The normalized spacial score (nSPS) is 28.4. The molecule has 0 amide bonds. The van der Waals surface area contributed by atoms with Gasteiger partial charge in [0.15, 0.2) is 0 Å². The van der Waals surface area contributed by atoms with Crippen LogP contribution in [0.15, 0.2) is 24.3 Å². The second-order valence-electron chi connectivity index (χ2n) is 5.89. The molecule has 1 atom stereocenters. The van der Waals surface area contributed by atoms with Crippen molar-refractivity contribution >= 4 is 0 Å². The van der Waals surface area contributed by atoms with E-state index in [-0.39, 0.29) is 5.92 Å². The summed E-state index contributed by atoms with van der Waals surface area (Å²) in [4.78, 5) is 0. The number of alkyl halides is 3. The van der Waals surface area contributed by atoms with E-state index in [9.17, 15) is 13.2 Å². The number of halogens is 3. The summed E-state index contributed by atoms with van der Waals surface area (Å²) in [5.41, 5.74) is 1.36. The van der Waals surface area contributed by atoms with E-state index in [1.807, 2.05) is 19.1 Å². The summed E-state index contributed by atoms with van der Waals surface area (Å²) < 4.78 is 40.5. The van der Waals surface area contributed by atoms with Gasteiger partial charge in [-0.2, -0.15) is 13.2 Å².